The zero-order chi connectivity index (χ0) is 21.6. The standard InChI is InChI=1S/C19H12Cl4O5S/c20-12-4-1-10(2-5-12)19(29(26,27)28,11-3-6-17(24)18(25)7-11)13-8-15(22)16(23)9-14(13)21/h1-9,24-25H,(H,26,27,28). The second kappa shape index (κ2) is 7.87. The average Bonchev–Trinajstić information content (AvgIpc) is 2.63. The smallest absolute Gasteiger partial charge is 0.283 e. The van der Waals surface area contributed by atoms with Crippen LogP contribution in [0.4, 0.5) is 0 Å². The van der Waals surface area contributed by atoms with Gasteiger partial charge in [-0.05, 0) is 47.5 Å². The molecule has 29 heavy (non-hydrogen) atoms. The molecule has 5 nitrogen and oxygen atoms in total. The number of rotatable bonds is 4. The first kappa shape index (κ1) is 22.0. The molecular formula is C19H12Cl4O5S. The number of benzene rings is 3. The third kappa shape index (κ3) is 3.77. The number of aromatic hydroxyl groups is 2. The third-order valence-corrected chi connectivity index (χ3v) is 7.16. The third-order valence-electron chi connectivity index (χ3n) is 4.41. The second-order valence-electron chi connectivity index (χ2n) is 6.11. The number of hydrogen-bond acceptors (Lipinski definition) is 4. The molecule has 3 aromatic rings. The van der Waals surface area contributed by atoms with Crippen molar-refractivity contribution in [2.45, 2.75) is 4.75 Å². The Balaban J connectivity index is 2.56. The summed E-state index contributed by atoms with van der Waals surface area (Å²) in [5, 5.41) is 20.0. The van der Waals surface area contributed by atoms with Crippen LogP contribution < -0.4 is 0 Å². The van der Waals surface area contributed by atoms with Crippen LogP contribution in [0, 0.1) is 0 Å². The highest BCUT2D eigenvalue weighted by Crippen LogP contribution is 2.49. The van der Waals surface area contributed by atoms with Crippen molar-refractivity contribution in [3.63, 3.8) is 0 Å². The highest BCUT2D eigenvalue weighted by atomic mass is 35.5. The summed E-state index contributed by atoms with van der Waals surface area (Å²) in [5.41, 5.74) is -0.142. The van der Waals surface area contributed by atoms with Gasteiger partial charge in [0.1, 0.15) is 0 Å². The van der Waals surface area contributed by atoms with E-state index in [1.54, 1.807) is 0 Å². The molecule has 3 aromatic carbocycles. The largest absolute Gasteiger partial charge is 0.504 e. The summed E-state index contributed by atoms with van der Waals surface area (Å²) in [4.78, 5) is 0. The summed E-state index contributed by atoms with van der Waals surface area (Å²) in [6.45, 7) is 0. The van der Waals surface area contributed by atoms with Crippen LogP contribution in [0.1, 0.15) is 16.7 Å². The first-order valence-corrected chi connectivity index (χ1v) is 10.8. The molecule has 0 aliphatic rings. The number of phenolic OH excluding ortho intramolecular Hbond substituents is 2. The molecule has 3 rings (SSSR count). The van der Waals surface area contributed by atoms with E-state index in [2.05, 4.69) is 0 Å². The minimum Gasteiger partial charge on any atom is -0.504 e. The summed E-state index contributed by atoms with van der Waals surface area (Å²) in [6, 6.07) is 11.4. The molecule has 0 bridgehead atoms. The van der Waals surface area contributed by atoms with Crippen molar-refractivity contribution in [3.05, 3.63) is 91.4 Å². The van der Waals surface area contributed by atoms with Crippen molar-refractivity contribution in [1.82, 2.24) is 0 Å². The van der Waals surface area contributed by atoms with E-state index in [1.807, 2.05) is 0 Å². The fourth-order valence-electron chi connectivity index (χ4n) is 3.13. The van der Waals surface area contributed by atoms with E-state index in [0.717, 1.165) is 12.1 Å². The number of phenols is 2. The van der Waals surface area contributed by atoms with Gasteiger partial charge in [0.2, 0.25) is 0 Å². The molecule has 0 aromatic heterocycles. The molecule has 0 aliphatic heterocycles. The normalized spacial score (nSPS) is 13.8. The van der Waals surface area contributed by atoms with Gasteiger partial charge < -0.3 is 10.2 Å². The van der Waals surface area contributed by atoms with Crippen LogP contribution >= 0.6 is 46.4 Å². The molecule has 0 heterocycles. The molecule has 10 heteroatoms. The number of hydrogen-bond donors (Lipinski definition) is 3. The lowest BCUT2D eigenvalue weighted by Crippen LogP contribution is -2.38. The molecule has 3 N–H and O–H groups in total. The van der Waals surface area contributed by atoms with Crippen molar-refractivity contribution in [2.75, 3.05) is 0 Å². The molecule has 0 saturated carbocycles. The van der Waals surface area contributed by atoms with E-state index in [0.29, 0.717) is 5.02 Å². The van der Waals surface area contributed by atoms with Gasteiger partial charge in [-0.1, -0.05) is 64.6 Å². The Hall–Kier alpha value is -1.67. The molecule has 0 radical (unpaired) electrons. The van der Waals surface area contributed by atoms with E-state index in [9.17, 15) is 23.2 Å². The highest BCUT2D eigenvalue weighted by Gasteiger charge is 2.50. The SMILES string of the molecule is O=S(=O)(O)C(c1ccc(Cl)cc1)(c1ccc(O)c(O)c1)c1cc(Cl)c(Cl)cc1Cl. The van der Waals surface area contributed by atoms with Crippen molar-refractivity contribution >= 4 is 56.5 Å². The van der Waals surface area contributed by atoms with Gasteiger partial charge in [0.05, 0.1) is 10.0 Å². The maximum Gasteiger partial charge on any atom is 0.283 e. The van der Waals surface area contributed by atoms with Crippen LogP contribution in [0.15, 0.2) is 54.6 Å². The quantitative estimate of drug-likeness (QED) is 0.182. The summed E-state index contributed by atoms with van der Waals surface area (Å²) in [7, 11) is -5.00. The summed E-state index contributed by atoms with van der Waals surface area (Å²) in [6.07, 6.45) is 0. The summed E-state index contributed by atoms with van der Waals surface area (Å²) < 4.78 is 34.0. The van der Waals surface area contributed by atoms with Gasteiger partial charge in [-0.15, -0.1) is 0 Å². The Labute approximate surface area is 186 Å². The van der Waals surface area contributed by atoms with Crippen LogP contribution in [0.2, 0.25) is 20.1 Å². The van der Waals surface area contributed by atoms with Crippen molar-refractivity contribution in [2.24, 2.45) is 0 Å². The highest BCUT2D eigenvalue weighted by molar-refractivity contribution is 7.87. The molecule has 0 spiro atoms. The zero-order valence-electron chi connectivity index (χ0n) is 14.3. The first-order chi connectivity index (χ1) is 13.5. The molecule has 0 saturated heterocycles. The Morgan fingerprint density at radius 3 is 1.79 bits per heavy atom. The van der Waals surface area contributed by atoms with Crippen LogP contribution in [0.5, 0.6) is 11.5 Å². The van der Waals surface area contributed by atoms with E-state index in [4.69, 9.17) is 46.4 Å². The van der Waals surface area contributed by atoms with E-state index in [1.165, 1.54) is 42.5 Å². The van der Waals surface area contributed by atoms with Gasteiger partial charge in [-0.2, -0.15) is 8.42 Å². The van der Waals surface area contributed by atoms with Gasteiger partial charge >= 0.3 is 0 Å². The number of halogens is 4. The Bertz CT molecular complexity index is 1200. The fourth-order valence-corrected chi connectivity index (χ4v) is 5.31. The van der Waals surface area contributed by atoms with Crippen molar-refractivity contribution in [1.29, 1.82) is 0 Å². The van der Waals surface area contributed by atoms with Crippen LogP contribution in [0.25, 0.3) is 0 Å². The molecule has 152 valence electrons. The lowest BCUT2D eigenvalue weighted by Gasteiger charge is -2.33. The molecule has 0 aliphatic carbocycles. The van der Waals surface area contributed by atoms with Gasteiger partial charge in [-0.25, -0.2) is 0 Å². The van der Waals surface area contributed by atoms with Crippen molar-refractivity contribution < 1.29 is 23.2 Å². The first-order valence-electron chi connectivity index (χ1n) is 7.89. The molecule has 1 unspecified atom stereocenters. The van der Waals surface area contributed by atoms with E-state index < -0.39 is 26.4 Å². The van der Waals surface area contributed by atoms with Gasteiger partial charge in [-0.3, -0.25) is 4.55 Å². The predicted octanol–water partition coefficient (Wildman–Crippen LogP) is 5.89. The van der Waals surface area contributed by atoms with Gasteiger partial charge in [0.25, 0.3) is 10.1 Å². The van der Waals surface area contributed by atoms with Crippen LogP contribution in [-0.4, -0.2) is 23.2 Å². The van der Waals surface area contributed by atoms with Crippen LogP contribution in [-0.2, 0) is 14.9 Å². The lowest BCUT2D eigenvalue weighted by atomic mass is 9.83. The molecule has 1 atom stereocenters. The zero-order valence-corrected chi connectivity index (χ0v) is 18.1. The minimum atomic E-state index is -5.00. The van der Waals surface area contributed by atoms with E-state index >= 15 is 0 Å². The maximum absolute atomic E-state index is 12.9. The Kier molecular flexibility index (Phi) is 5.98. The van der Waals surface area contributed by atoms with Crippen molar-refractivity contribution in [3.8, 4) is 11.5 Å². The van der Waals surface area contributed by atoms with Gasteiger partial charge in [0.15, 0.2) is 16.2 Å². The Morgan fingerprint density at radius 2 is 1.24 bits per heavy atom. The topological polar surface area (TPSA) is 94.8 Å². The summed E-state index contributed by atoms with van der Waals surface area (Å²) >= 11 is 24.4. The Morgan fingerprint density at radius 1 is 0.690 bits per heavy atom. The monoisotopic (exact) mass is 492 g/mol. The van der Waals surface area contributed by atoms with Gasteiger partial charge in [0, 0.05) is 15.6 Å². The predicted molar refractivity (Wildman–Crippen MR) is 114 cm³/mol. The molecular weight excluding hydrogens is 482 g/mol. The van der Waals surface area contributed by atoms with Crippen LogP contribution in [0.3, 0.4) is 0 Å². The second-order valence-corrected chi connectivity index (χ2v) is 9.33. The van der Waals surface area contributed by atoms with E-state index in [-0.39, 0.29) is 31.8 Å². The minimum absolute atomic E-state index is 0.00365. The summed E-state index contributed by atoms with van der Waals surface area (Å²) in [5.74, 6) is -1.07. The fraction of sp³-hybridized carbons (Fsp3) is 0.0526. The molecule has 0 amide bonds. The maximum atomic E-state index is 12.9. The average molecular weight is 494 g/mol. The lowest BCUT2D eigenvalue weighted by molar-refractivity contribution is 0.402. The molecule has 0 fully saturated rings.